The van der Waals surface area contributed by atoms with Gasteiger partial charge in [0.1, 0.15) is 17.6 Å². The van der Waals surface area contributed by atoms with Crippen LogP contribution in [0.2, 0.25) is 0 Å². The maximum atomic E-state index is 12.7. The van der Waals surface area contributed by atoms with Gasteiger partial charge in [0.25, 0.3) is 0 Å². The molecule has 2 amide bonds. The number of carbonyl (C=O) groups excluding carboxylic acids is 1. The molecule has 2 aliphatic rings. The molecule has 136 valence electrons. The van der Waals surface area contributed by atoms with Gasteiger partial charge in [0.2, 0.25) is 0 Å². The third kappa shape index (κ3) is 3.74. The van der Waals surface area contributed by atoms with Crippen LogP contribution in [0, 0.1) is 0 Å². The minimum Gasteiger partial charge on any atom is -0.493 e. The lowest BCUT2D eigenvalue weighted by Crippen LogP contribution is -2.41. The summed E-state index contributed by atoms with van der Waals surface area (Å²) in [6, 6.07) is 11.6. The number of pyridine rings is 1. The predicted octanol–water partition coefficient (Wildman–Crippen LogP) is 3.16. The minimum absolute atomic E-state index is 0.00898. The topological polar surface area (TPSA) is 63.7 Å². The van der Waals surface area contributed by atoms with E-state index in [4.69, 9.17) is 9.47 Å². The van der Waals surface area contributed by atoms with E-state index >= 15 is 0 Å². The van der Waals surface area contributed by atoms with Gasteiger partial charge in [-0.3, -0.25) is 4.98 Å². The van der Waals surface area contributed by atoms with Crippen LogP contribution in [-0.4, -0.2) is 41.7 Å². The number of nitrogens with zero attached hydrogens (tertiary/aromatic N) is 2. The van der Waals surface area contributed by atoms with E-state index in [2.05, 4.69) is 10.3 Å². The normalized spacial score (nSPS) is 22.1. The van der Waals surface area contributed by atoms with Gasteiger partial charge in [-0.05, 0) is 31.0 Å². The van der Waals surface area contributed by atoms with Crippen molar-refractivity contribution in [2.24, 2.45) is 0 Å². The number of fused-ring (bicyclic) bond motifs is 1. The average Bonchev–Trinajstić information content (AvgIpc) is 3.04. The van der Waals surface area contributed by atoms with E-state index in [-0.39, 0.29) is 18.2 Å². The van der Waals surface area contributed by atoms with Crippen LogP contribution in [0.4, 0.5) is 4.79 Å². The fraction of sp³-hybridized carbons (Fsp3) is 0.400. The lowest BCUT2D eigenvalue weighted by Gasteiger charge is -2.23. The van der Waals surface area contributed by atoms with E-state index in [0.717, 1.165) is 36.3 Å². The van der Waals surface area contributed by atoms with E-state index in [0.29, 0.717) is 19.7 Å². The monoisotopic (exact) mass is 353 g/mol. The molecule has 2 atom stereocenters. The first kappa shape index (κ1) is 16.7. The Bertz CT molecular complexity index is 753. The van der Waals surface area contributed by atoms with Crippen LogP contribution in [0.15, 0.2) is 48.8 Å². The molecule has 1 aromatic carbocycles. The van der Waals surface area contributed by atoms with Crippen molar-refractivity contribution in [1.29, 1.82) is 0 Å². The predicted molar refractivity (Wildman–Crippen MR) is 97.3 cm³/mol. The van der Waals surface area contributed by atoms with Gasteiger partial charge in [-0.1, -0.05) is 18.2 Å². The Morgan fingerprint density at radius 1 is 1.23 bits per heavy atom. The van der Waals surface area contributed by atoms with E-state index in [1.165, 1.54) is 0 Å². The molecule has 0 bridgehead atoms. The Balaban J connectivity index is 1.37. The number of benzene rings is 1. The third-order valence-corrected chi connectivity index (χ3v) is 4.86. The van der Waals surface area contributed by atoms with Crippen LogP contribution < -0.4 is 14.8 Å². The second kappa shape index (κ2) is 7.64. The van der Waals surface area contributed by atoms with Crippen LogP contribution in [0.3, 0.4) is 0 Å². The molecule has 0 saturated carbocycles. The summed E-state index contributed by atoms with van der Waals surface area (Å²) < 4.78 is 11.7. The molecule has 0 spiro atoms. The van der Waals surface area contributed by atoms with Crippen LogP contribution in [0.1, 0.15) is 30.9 Å². The molecule has 1 fully saturated rings. The molecule has 6 nitrogen and oxygen atoms in total. The van der Waals surface area contributed by atoms with Gasteiger partial charge in [-0.15, -0.1) is 0 Å². The zero-order valence-corrected chi connectivity index (χ0v) is 14.6. The average molecular weight is 353 g/mol. The van der Waals surface area contributed by atoms with Crippen molar-refractivity contribution in [3.05, 3.63) is 54.4 Å². The van der Waals surface area contributed by atoms with Crippen molar-refractivity contribution in [3.63, 3.8) is 0 Å². The lowest BCUT2D eigenvalue weighted by atomic mass is 10.0. The molecule has 0 radical (unpaired) electrons. The van der Waals surface area contributed by atoms with Crippen LogP contribution in [0.5, 0.6) is 11.5 Å². The number of urea groups is 1. The number of rotatable bonds is 3. The highest BCUT2D eigenvalue weighted by Crippen LogP contribution is 2.31. The van der Waals surface area contributed by atoms with Crippen molar-refractivity contribution in [2.75, 3.05) is 19.7 Å². The first-order valence-electron chi connectivity index (χ1n) is 9.13. The number of hydrogen-bond donors (Lipinski definition) is 1. The molecule has 1 aromatic heterocycles. The maximum absolute atomic E-state index is 12.7. The number of carbonyl (C=O) groups is 1. The zero-order chi connectivity index (χ0) is 17.8. The van der Waals surface area contributed by atoms with Gasteiger partial charge in [0.05, 0.1) is 25.4 Å². The zero-order valence-electron chi connectivity index (χ0n) is 14.6. The molecule has 1 saturated heterocycles. The number of ether oxygens (including phenoxy) is 2. The number of nitrogens with one attached hydrogen (secondary N) is 1. The highest BCUT2D eigenvalue weighted by atomic mass is 16.5. The smallest absolute Gasteiger partial charge is 0.318 e. The maximum Gasteiger partial charge on any atom is 0.318 e. The molecule has 0 aliphatic carbocycles. The summed E-state index contributed by atoms with van der Waals surface area (Å²) in [6.45, 7) is 1.97. The highest BCUT2D eigenvalue weighted by molar-refractivity contribution is 5.75. The summed E-state index contributed by atoms with van der Waals surface area (Å²) in [5.41, 5.74) is 1.06. The molecule has 3 heterocycles. The largest absolute Gasteiger partial charge is 0.493 e. The fourth-order valence-corrected chi connectivity index (χ4v) is 3.53. The van der Waals surface area contributed by atoms with Crippen molar-refractivity contribution < 1.29 is 14.3 Å². The van der Waals surface area contributed by atoms with E-state index < -0.39 is 0 Å². The SMILES string of the molecule is O=C(N[C@@H]1CCCOc2ccccc21)N1CC[C@H](Oc2cccnc2)C1. The molecular formula is C20H23N3O3. The van der Waals surface area contributed by atoms with Crippen molar-refractivity contribution in [3.8, 4) is 11.5 Å². The molecule has 6 heteroatoms. The van der Waals surface area contributed by atoms with Crippen molar-refractivity contribution in [2.45, 2.75) is 31.4 Å². The fourth-order valence-electron chi connectivity index (χ4n) is 3.53. The molecule has 2 aliphatic heterocycles. The number of aromatic nitrogens is 1. The van der Waals surface area contributed by atoms with E-state index in [9.17, 15) is 4.79 Å². The van der Waals surface area contributed by atoms with Gasteiger partial charge < -0.3 is 19.7 Å². The van der Waals surface area contributed by atoms with Crippen LogP contribution >= 0.6 is 0 Å². The molecular weight excluding hydrogens is 330 g/mol. The Kier molecular flexibility index (Phi) is 4.91. The van der Waals surface area contributed by atoms with Crippen molar-refractivity contribution >= 4 is 6.03 Å². The molecule has 1 N–H and O–H groups in total. The van der Waals surface area contributed by atoms with E-state index in [1.807, 2.05) is 41.3 Å². The first-order valence-corrected chi connectivity index (χ1v) is 9.13. The number of para-hydroxylation sites is 1. The Morgan fingerprint density at radius 3 is 3.04 bits per heavy atom. The molecule has 2 aromatic rings. The standard InChI is InChI=1S/C20H23N3O3/c24-20(22-18-7-4-12-25-19-8-2-1-6-17(18)19)23-11-9-16(14-23)26-15-5-3-10-21-13-15/h1-3,5-6,8,10,13,16,18H,4,7,9,11-12,14H2,(H,22,24)/t16-,18+/m0/s1. The molecule has 0 unspecified atom stereocenters. The number of amides is 2. The number of likely N-dealkylation sites (tertiary alicyclic amines) is 1. The van der Waals surface area contributed by atoms with Crippen LogP contribution in [0.25, 0.3) is 0 Å². The van der Waals surface area contributed by atoms with Gasteiger partial charge in [0.15, 0.2) is 0 Å². The second-order valence-corrected chi connectivity index (χ2v) is 6.69. The summed E-state index contributed by atoms with van der Waals surface area (Å²) in [6.07, 6.45) is 6.06. The summed E-state index contributed by atoms with van der Waals surface area (Å²) in [4.78, 5) is 18.6. The Labute approximate surface area is 153 Å². The third-order valence-electron chi connectivity index (χ3n) is 4.86. The Hall–Kier alpha value is -2.76. The van der Waals surface area contributed by atoms with E-state index in [1.54, 1.807) is 12.4 Å². The Morgan fingerprint density at radius 2 is 2.15 bits per heavy atom. The van der Waals surface area contributed by atoms with Gasteiger partial charge in [-0.25, -0.2) is 4.79 Å². The van der Waals surface area contributed by atoms with Gasteiger partial charge >= 0.3 is 6.03 Å². The van der Waals surface area contributed by atoms with Gasteiger partial charge in [0, 0.05) is 24.7 Å². The first-order chi connectivity index (χ1) is 12.8. The molecule has 4 rings (SSSR count). The second-order valence-electron chi connectivity index (χ2n) is 6.69. The number of hydrogen-bond acceptors (Lipinski definition) is 4. The summed E-state index contributed by atoms with van der Waals surface area (Å²) >= 11 is 0. The molecule has 26 heavy (non-hydrogen) atoms. The highest BCUT2D eigenvalue weighted by Gasteiger charge is 2.30. The lowest BCUT2D eigenvalue weighted by molar-refractivity contribution is 0.183. The quantitative estimate of drug-likeness (QED) is 0.921. The van der Waals surface area contributed by atoms with Gasteiger partial charge in [-0.2, -0.15) is 0 Å². The summed E-state index contributed by atoms with van der Waals surface area (Å²) in [5, 5.41) is 3.18. The van der Waals surface area contributed by atoms with Crippen molar-refractivity contribution in [1.82, 2.24) is 15.2 Å². The summed E-state index contributed by atoms with van der Waals surface area (Å²) in [7, 11) is 0. The minimum atomic E-state index is -0.0380. The van der Waals surface area contributed by atoms with Crippen LogP contribution in [-0.2, 0) is 0 Å². The summed E-state index contributed by atoms with van der Waals surface area (Å²) in [5.74, 6) is 1.61.